The molecule has 1 aliphatic carbocycles. The van der Waals surface area contributed by atoms with Crippen LogP contribution in [0, 0.1) is 5.92 Å². The molecule has 3 nitrogen and oxygen atoms in total. The zero-order chi connectivity index (χ0) is 14.4. The molecule has 4 heteroatoms. The lowest BCUT2D eigenvalue weighted by atomic mass is 9.95. The third-order valence-electron chi connectivity index (χ3n) is 4.90. The number of carbonyl (C=O) groups is 1. The molecule has 4 rings (SSSR count). The minimum atomic E-state index is 0.154. The second-order valence-corrected chi connectivity index (χ2v) is 7.48. The molecular weight excluding hydrogens is 328 g/mol. The van der Waals surface area contributed by atoms with Gasteiger partial charge in [0.05, 0.1) is 5.56 Å². The summed E-state index contributed by atoms with van der Waals surface area (Å²) >= 11 is 3.40. The summed E-state index contributed by atoms with van der Waals surface area (Å²) < 4.78 is 0.868. The molecule has 3 aliphatic rings. The van der Waals surface area contributed by atoms with Crippen LogP contribution in [0.3, 0.4) is 0 Å². The van der Waals surface area contributed by atoms with Crippen LogP contribution in [0.1, 0.15) is 48.9 Å². The van der Waals surface area contributed by atoms with Crippen LogP contribution in [0.15, 0.2) is 34.6 Å². The molecule has 0 radical (unpaired) electrons. The van der Waals surface area contributed by atoms with Crippen LogP contribution in [0.25, 0.3) is 0 Å². The summed E-state index contributed by atoms with van der Waals surface area (Å²) in [5.74, 6) is 0.998. The monoisotopic (exact) mass is 346 g/mol. The summed E-state index contributed by atoms with van der Waals surface area (Å²) in [5, 5.41) is 0. The van der Waals surface area contributed by atoms with Gasteiger partial charge in [0, 0.05) is 29.0 Å². The van der Waals surface area contributed by atoms with Gasteiger partial charge in [-0.05, 0) is 66.4 Å². The van der Waals surface area contributed by atoms with Gasteiger partial charge in [0.1, 0.15) is 0 Å². The predicted octanol–water partition coefficient (Wildman–Crippen LogP) is 3.95. The number of rotatable bonds is 2. The molecular formula is C17H19BrN2O. The number of nitrogens with zero attached hydrogens (tertiary/aromatic N) is 2. The SMILES string of the molecule is O=C(c1cncc(Br)c1)N1C2CCC1CC(=CC1CC1)C2. The highest BCUT2D eigenvalue weighted by Crippen LogP contribution is 2.42. The van der Waals surface area contributed by atoms with Gasteiger partial charge in [0.25, 0.3) is 5.91 Å². The van der Waals surface area contributed by atoms with E-state index in [0.717, 1.165) is 36.1 Å². The van der Waals surface area contributed by atoms with Crippen molar-refractivity contribution in [2.45, 2.75) is 50.6 Å². The quantitative estimate of drug-likeness (QED) is 0.759. The molecule has 0 aromatic carbocycles. The largest absolute Gasteiger partial charge is 0.332 e. The molecule has 3 fully saturated rings. The summed E-state index contributed by atoms with van der Waals surface area (Å²) in [5.41, 5.74) is 2.30. The van der Waals surface area contributed by atoms with Crippen LogP contribution in [-0.4, -0.2) is 27.9 Å². The first-order valence-electron chi connectivity index (χ1n) is 7.83. The van der Waals surface area contributed by atoms with E-state index in [1.54, 1.807) is 18.0 Å². The summed E-state index contributed by atoms with van der Waals surface area (Å²) in [6, 6.07) is 2.69. The number of fused-ring (bicyclic) bond motifs is 2. The summed E-state index contributed by atoms with van der Waals surface area (Å²) in [7, 11) is 0. The summed E-state index contributed by atoms with van der Waals surface area (Å²) in [6.07, 6.45) is 13.1. The fourth-order valence-electron chi connectivity index (χ4n) is 3.79. The molecule has 2 bridgehead atoms. The molecule has 2 unspecified atom stereocenters. The van der Waals surface area contributed by atoms with Crippen LogP contribution in [0.2, 0.25) is 0 Å². The number of aromatic nitrogens is 1. The Morgan fingerprint density at radius 3 is 2.52 bits per heavy atom. The maximum Gasteiger partial charge on any atom is 0.255 e. The molecule has 110 valence electrons. The fraction of sp³-hybridized carbons (Fsp3) is 0.529. The van der Waals surface area contributed by atoms with E-state index in [0.29, 0.717) is 17.6 Å². The Bertz CT molecular complexity index is 593. The lowest BCUT2D eigenvalue weighted by molar-refractivity contribution is 0.0634. The average Bonchev–Trinajstić information content (AvgIpc) is 3.23. The van der Waals surface area contributed by atoms with E-state index in [2.05, 4.69) is 31.9 Å². The highest BCUT2D eigenvalue weighted by atomic mass is 79.9. The van der Waals surface area contributed by atoms with Crippen molar-refractivity contribution in [2.75, 3.05) is 0 Å². The van der Waals surface area contributed by atoms with Gasteiger partial charge in [-0.25, -0.2) is 0 Å². The molecule has 21 heavy (non-hydrogen) atoms. The zero-order valence-corrected chi connectivity index (χ0v) is 13.6. The molecule has 1 aromatic heterocycles. The predicted molar refractivity (Wildman–Crippen MR) is 85.0 cm³/mol. The van der Waals surface area contributed by atoms with Crippen molar-refractivity contribution in [3.63, 3.8) is 0 Å². The molecule has 1 amide bonds. The lowest BCUT2D eigenvalue weighted by Crippen LogP contribution is -2.44. The number of hydrogen-bond acceptors (Lipinski definition) is 2. The topological polar surface area (TPSA) is 33.2 Å². The molecule has 2 saturated heterocycles. The highest BCUT2D eigenvalue weighted by Gasteiger charge is 2.41. The van der Waals surface area contributed by atoms with E-state index >= 15 is 0 Å². The molecule has 0 spiro atoms. The average molecular weight is 347 g/mol. The minimum absolute atomic E-state index is 0.154. The second-order valence-electron chi connectivity index (χ2n) is 6.56. The Kier molecular flexibility index (Phi) is 3.37. The van der Waals surface area contributed by atoms with E-state index in [1.165, 1.54) is 12.8 Å². The van der Waals surface area contributed by atoms with E-state index in [1.807, 2.05) is 6.07 Å². The van der Waals surface area contributed by atoms with Gasteiger partial charge in [-0.3, -0.25) is 9.78 Å². The third kappa shape index (κ3) is 2.66. The summed E-state index contributed by atoms with van der Waals surface area (Å²) in [4.78, 5) is 19.1. The standard InChI is InChI=1S/C17H19BrN2O/c18-14-8-13(9-19-10-14)17(21)20-15-3-4-16(20)7-12(6-15)5-11-1-2-11/h5,8-11,15-16H,1-4,6-7H2. The number of amides is 1. The van der Waals surface area contributed by atoms with Crippen molar-refractivity contribution in [3.05, 3.63) is 40.1 Å². The Labute approximate surface area is 133 Å². The van der Waals surface area contributed by atoms with Crippen molar-refractivity contribution < 1.29 is 4.79 Å². The minimum Gasteiger partial charge on any atom is -0.332 e. The smallest absolute Gasteiger partial charge is 0.255 e. The van der Waals surface area contributed by atoms with E-state index in [-0.39, 0.29) is 5.91 Å². The fourth-order valence-corrected chi connectivity index (χ4v) is 4.16. The van der Waals surface area contributed by atoms with Crippen LogP contribution in [0.4, 0.5) is 0 Å². The maximum atomic E-state index is 12.8. The van der Waals surface area contributed by atoms with E-state index in [9.17, 15) is 4.79 Å². The van der Waals surface area contributed by atoms with Crippen molar-refractivity contribution in [1.29, 1.82) is 0 Å². The number of hydrogen-bond donors (Lipinski definition) is 0. The molecule has 1 saturated carbocycles. The second kappa shape index (κ2) is 5.24. The Balaban J connectivity index is 1.55. The van der Waals surface area contributed by atoms with Crippen molar-refractivity contribution in [1.82, 2.24) is 9.88 Å². The van der Waals surface area contributed by atoms with Gasteiger partial charge in [0.2, 0.25) is 0 Å². The normalized spacial score (nSPS) is 27.9. The lowest BCUT2D eigenvalue weighted by Gasteiger charge is -2.36. The highest BCUT2D eigenvalue weighted by molar-refractivity contribution is 9.10. The molecule has 2 aliphatic heterocycles. The zero-order valence-electron chi connectivity index (χ0n) is 12.0. The number of halogens is 1. The third-order valence-corrected chi connectivity index (χ3v) is 5.33. The van der Waals surface area contributed by atoms with Gasteiger partial charge < -0.3 is 4.90 Å². The first-order chi connectivity index (χ1) is 10.2. The number of allylic oxidation sites excluding steroid dienone is 1. The Morgan fingerprint density at radius 1 is 1.19 bits per heavy atom. The first kappa shape index (κ1) is 13.5. The van der Waals surface area contributed by atoms with Gasteiger partial charge in [-0.15, -0.1) is 0 Å². The summed E-state index contributed by atoms with van der Waals surface area (Å²) in [6.45, 7) is 0. The number of pyridine rings is 1. The van der Waals surface area contributed by atoms with Crippen molar-refractivity contribution in [3.8, 4) is 0 Å². The van der Waals surface area contributed by atoms with Gasteiger partial charge in [-0.1, -0.05) is 11.6 Å². The number of piperidine rings is 1. The van der Waals surface area contributed by atoms with Crippen LogP contribution in [0.5, 0.6) is 0 Å². The van der Waals surface area contributed by atoms with Crippen LogP contribution in [-0.2, 0) is 0 Å². The molecule has 3 heterocycles. The van der Waals surface area contributed by atoms with Crippen LogP contribution >= 0.6 is 15.9 Å². The van der Waals surface area contributed by atoms with Crippen molar-refractivity contribution in [2.24, 2.45) is 5.92 Å². The Hall–Kier alpha value is -1.16. The maximum absolute atomic E-state index is 12.8. The van der Waals surface area contributed by atoms with E-state index in [4.69, 9.17) is 0 Å². The first-order valence-corrected chi connectivity index (χ1v) is 8.63. The van der Waals surface area contributed by atoms with Crippen molar-refractivity contribution >= 4 is 21.8 Å². The molecule has 1 aromatic rings. The van der Waals surface area contributed by atoms with Gasteiger partial charge in [-0.2, -0.15) is 0 Å². The molecule has 2 atom stereocenters. The van der Waals surface area contributed by atoms with E-state index < -0.39 is 0 Å². The van der Waals surface area contributed by atoms with Gasteiger partial charge in [0.15, 0.2) is 0 Å². The number of carbonyl (C=O) groups excluding carboxylic acids is 1. The molecule has 0 N–H and O–H groups in total. The van der Waals surface area contributed by atoms with Gasteiger partial charge >= 0.3 is 0 Å². The Morgan fingerprint density at radius 2 is 1.90 bits per heavy atom. The van der Waals surface area contributed by atoms with Crippen LogP contribution < -0.4 is 0 Å².